The molecular formula is C16H31NO3. The van der Waals surface area contributed by atoms with Crippen molar-refractivity contribution < 1.29 is 14.7 Å². The van der Waals surface area contributed by atoms with Gasteiger partial charge in [-0.05, 0) is 32.6 Å². The van der Waals surface area contributed by atoms with Crippen LogP contribution in [0, 0.1) is 11.3 Å². The third-order valence-electron chi connectivity index (χ3n) is 4.59. The first kappa shape index (κ1) is 19.1. The minimum absolute atomic E-state index is 0.135. The molecule has 0 aromatic rings. The summed E-state index contributed by atoms with van der Waals surface area (Å²) in [6.45, 7) is 13.9. The van der Waals surface area contributed by atoms with Crippen LogP contribution in [0.1, 0.15) is 67.7 Å². The van der Waals surface area contributed by atoms with Gasteiger partial charge in [0.1, 0.15) is 11.8 Å². The maximum atomic E-state index is 12.1. The molecule has 0 unspecified atom stereocenters. The number of carbonyl (C=O) groups excluding carboxylic acids is 1. The van der Waals surface area contributed by atoms with E-state index in [1.165, 1.54) is 0 Å². The van der Waals surface area contributed by atoms with Crippen LogP contribution in [-0.2, 0) is 9.59 Å². The monoisotopic (exact) mass is 285 g/mol. The number of Topliss-reactive ketones (excluding diaryl/α,β-unsaturated/α-hetero) is 1. The number of carboxylic acids is 1. The molecule has 20 heavy (non-hydrogen) atoms. The van der Waals surface area contributed by atoms with Crippen molar-refractivity contribution in [2.24, 2.45) is 11.3 Å². The Morgan fingerprint density at radius 1 is 1.15 bits per heavy atom. The fraction of sp³-hybridized carbons (Fsp3) is 0.875. The SMILES string of the molecule is CCC(C)(C)C(=O)CC[C@H](NC(C)(C)C(C)C)C(=O)O. The number of carboxylic acid groups (broad SMARTS) is 1. The van der Waals surface area contributed by atoms with E-state index < -0.39 is 12.0 Å². The second-order valence-corrected chi connectivity index (χ2v) is 7.11. The summed E-state index contributed by atoms with van der Waals surface area (Å²) >= 11 is 0. The first-order valence-corrected chi connectivity index (χ1v) is 7.48. The van der Waals surface area contributed by atoms with Crippen LogP contribution in [0.3, 0.4) is 0 Å². The lowest BCUT2D eigenvalue weighted by Gasteiger charge is -2.34. The molecule has 118 valence electrons. The summed E-state index contributed by atoms with van der Waals surface area (Å²) in [4.78, 5) is 23.5. The van der Waals surface area contributed by atoms with Crippen LogP contribution in [0.15, 0.2) is 0 Å². The molecule has 0 radical (unpaired) electrons. The van der Waals surface area contributed by atoms with Crippen molar-refractivity contribution >= 4 is 11.8 Å². The summed E-state index contributed by atoms with van der Waals surface area (Å²) in [5.74, 6) is -0.441. The normalized spacial score (nSPS) is 14.4. The number of nitrogens with one attached hydrogen (secondary N) is 1. The van der Waals surface area contributed by atoms with Gasteiger partial charge in [0.2, 0.25) is 0 Å². The lowest BCUT2D eigenvalue weighted by Crippen LogP contribution is -2.52. The third kappa shape index (κ3) is 5.61. The Kier molecular flexibility index (Phi) is 6.88. The molecule has 0 rings (SSSR count). The van der Waals surface area contributed by atoms with Gasteiger partial charge in [0, 0.05) is 17.4 Å². The van der Waals surface area contributed by atoms with Gasteiger partial charge in [0.05, 0.1) is 0 Å². The lowest BCUT2D eigenvalue weighted by atomic mass is 9.82. The van der Waals surface area contributed by atoms with Gasteiger partial charge in [-0.25, -0.2) is 0 Å². The molecule has 4 nitrogen and oxygen atoms in total. The predicted molar refractivity (Wildman–Crippen MR) is 81.8 cm³/mol. The molecule has 0 amide bonds. The van der Waals surface area contributed by atoms with Gasteiger partial charge in [0.25, 0.3) is 0 Å². The molecule has 0 saturated carbocycles. The summed E-state index contributed by atoms with van der Waals surface area (Å²) in [5.41, 5.74) is -0.636. The van der Waals surface area contributed by atoms with Crippen molar-refractivity contribution in [2.75, 3.05) is 0 Å². The van der Waals surface area contributed by atoms with Gasteiger partial charge in [-0.3, -0.25) is 14.9 Å². The number of aliphatic carboxylic acids is 1. The lowest BCUT2D eigenvalue weighted by molar-refractivity contribution is -0.140. The molecule has 0 aromatic carbocycles. The van der Waals surface area contributed by atoms with E-state index >= 15 is 0 Å². The van der Waals surface area contributed by atoms with E-state index in [1.54, 1.807) is 0 Å². The smallest absolute Gasteiger partial charge is 0.320 e. The zero-order chi connectivity index (χ0) is 16.1. The molecular weight excluding hydrogens is 254 g/mol. The van der Waals surface area contributed by atoms with Crippen molar-refractivity contribution in [3.8, 4) is 0 Å². The number of hydrogen-bond acceptors (Lipinski definition) is 3. The minimum atomic E-state index is -0.888. The predicted octanol–water partition coefficient (Wildman–Crippen LogP) is 3.25. The molecule has 0 heterocycles. The number of ketones is 1. The van der Waals surface area contributed by atoms with Crippen LogP contribution in [0.4, 0.5) is 0 Å². The highest BCUT2D eigenvalue weighted by atomic mass is 16.4. The summed E-state index contributed by atoms with van der Waals surface area (Å²) < 4.78 is 0. The maximum absolute atomic E-state index is 12.1. The van der Waals surface area contributed by atoms with E-state index in [9.17, 15) is 14.7 Å². The van der Waals surface area contributed by atoms with Crippen molar-refractivity contribution in [3.63, 3.8) is 0 Å². The second-order valence-electron chi connectivity index (χ2n) is 7.11. The van der Waals surface area contributed by atoms with Crippen LogP contribution in [0.5, 0.6) is 0 Å². The number of rotatable bonds is 9. The fourth-order valence-electron chi connectivity index (χ4n) is 1.68. The van der Waals surface area contributed by atoms with Crippen LogP contribution < -0.4 is 5.32 Å². The first-order chi connectivity index (χ1) is 8.94. The van der Waals surface area contributed by atoms with Crippen molar-refractivity contribution in [2.45, 2.75) is 79.3 Å². The van der Waals surface area contributed by atoms with Gasteiger partial charge < -0.3 is 5.11 Å². The average Bonchev–Trinajstić information content (AvgIpc) is 2.33. The van der Waals surface area contributed by atoms with Gasteiger partial charge in [-0.1, -0.05) is 34.6 Å². The Balaban J connectivity index is 4.67. The van der Waals surface area contributed by atoms with Crippen LogP contribution >= 0.6 is 0 Å². The molecule has 0 fully saturated rings. The summed E-state index contributed by atoms with van der Waals surface area (Å²) in [5, 5.41) is 12.5. The van der Waals surface area contributed by atoms with E-state index in [-0.39, 0.29) is 16.7 Å². The van der Waals surface area contributed by atoms with E-state index in [0.29, 0.717) is 18.8 Å². The van der Waals surface area contributed by atoms with Crippen molar-refractivity contribution in [1.29, 1.82) is 0 Å². The molecule has 0 aliphatic carbocycles. The number of carbonyl (C=O) groups is 2. The first-order valence-electron chi connectivity index (χ1n) is 7.48. The Labute approximate surface area is 123 Å². The van der Waals surface area contributed by atoms with Crippen LogP contribution in [-0.4, -0.2) is 28.4 Å². The Morgan fingerprint density at radius 3 is 2.00 bits per heavy atom. The average molecular weight is 285 g/mol. The van der Waals surface area contributed by atoms with Crippen molar-refractivity contribution in [1.82, 2.24) is 5.32 Å². The van der Waals surface area contributed by atoms with E-state index in [2.05, 4.69) is 19.2 Å². The molecule has 0 aliphatic rings. The maximum Gasteiger partial charge on any atom is 0.320 e. The van der Waals surface area contributed by atoms with Crippen LogP contribution in [0.2, 0.25) is 0 Å². The zero-order valence-corrected chi connectivity index (χ0v) is 14.0. The minimum Gasteiger partial charge on any atom is -0.480 e. The zero-order valence-electron chi connectivity index (χ0n) is 14.0. The molecule has 0 aromatic heterocycles. The van der Waals surface area contributed by atoms with Gasteiger partial charge in [-0.2, -0.15) is 0 Å². The van der Waals surface area contributed by atoms with Gasteiger partial charge >= 0.3 is 5.97 Å². The van der Waals surface area contributed by atoms with Gasteiger partial charge in [0.15, 0.2) is 0 Å². The Hall–Kier alpha value is -0.900. The van der Waals surface area contributed by atoms with E-state index in [4.69, 9.17) is 0 Å². The molecule has 1 atom stereocenters. The quantitative estimate of drug-likeness (QED) is 0.682. The second kappa shape index (κ2) is 7.21. The highest BCUT2D eigenvalue weighted by Gasteiger charge is 2.31. The molecule has 2 N–H and O–H groups in total. The summed E-state index contributed by atoms with van der Waals surface area (Å²) in [7, 11) is 0. The highest BCUT2D eigenvalue weighted by molar-refractivity contribution is 5.84. The fourth-order valence-corrected chi connectivity index (χ4v) is 1.68. The molecule has 0 saturated heterocycles. The molecule has 0 bridgehead atoms. The van der Waals surface area contributed by atoms with E-state index in [1.807, 2.05) is 34.6 Å². The molecule has 0 spiro atoms. The summed E-state index contributed by atoms with van der Waals surface area (Å²) in [6, 6.07) is -0.677. The Morgan fingerprint density at radius 2 is 1.65 bits per heavy atom. The van der Waals surface area contributed by atoms with E-state index in [0.717, 1.165) is 6.42 Å². The third-order valence-corrected chi connectivity index (χ3v) is 4.59. The number of hydrogen-bond donors (Lipinski definition) is 2. The highest BCUT2D eigenvalue weighted by Crippen LogP contribution is 2.24. The Bertz CT molecular complexity index is 346. The van der Waals surface area contributed by atoms with Crippen molar-refractivity contribution in [3.05, 3.63) is 0 Å². The standard InChI is InChI=1S/C16H31NO3/c1-8-15(4,5)13(18)10-9-12(14(19)20)17-16(6,7)11(2)3/h11-12,17H,8-10H2,1-7H3,(H,19,20)/t12-/m0/s1. The molecule has 0 aliphatic heterocycles. The van der Waals surface area contributed by atoms with Crippen LogP contribution in [0.25, 0.3) is 0 Å². The molecule has 4 heteroatoms. The van der Waals surface area contributed by atoms with Gasteiger partial charge in [-0.15, -0.1) is 0 Å². The largest absolute Gasteiger partial charge is 0.480 e. The summed E-state index contributed by atoms with van der Waals surface area (Å²) in [6.07, 6.45) is 1.42. The topological polar surface area (TPSA) is 66.4 Å².